The lowest BCUT2D eigenvalue weighted by atomic mass is 10.2. The monoisotopic (exact) mass is 379 g/mol. The number of halogens is 3. The van der Waals surface area contributed by atoms with E-state index in [2.05, 4.69) is 25.6 Å². The molecule has 0 aliphatic heterocycles. The number of nitrogens with zero attached hydrogens (tertiary/aromatic N) is 3. The molecule has 0 spiro atoms. The molecule has 2 aromatic heterocycles. The number of nitrogens with one attached hydrogen (secondary N) is 2. The first-order valence-electron chi connectivity index (χ1n) is 8.03. The molecule has 1 aromatic carbocycles. The van der Waals surface area contributed by atoms with Gasteiger partial charge in [-0.1, -0.05) is 0 Å². The van der Waals surface area contributed by atoms with Gasteiger partial charge in [-0.2, -0.15) is 28.1 Å². The molecule has 0 saturated heterocycles. The van der Waals surface area contributed by atoms with Gasteiger partial charge in [0.1, 0.15) is 5.76 Å². The van der Waals surface area contributed by atoms with Crippen LogP contribution in [0.15, 0.2) is 47.1 Å². The standard InChI is InChI=1S/C17H16F3N5O2/c1-2-26-16-24-14(21-10-13-4-3-9-27-13)23-15(25-16)22-12-7-5-11(6-8-12)17(18,19)20/h3-9H,2,10H2,1H3,(H2,21,22,23,24,25). The highest BCUT2D eigenvalue weighted by Crippen LogP contribution is 2.30. The van der Waals surface area contributed by atoms with Gasteiger partial charge in [0.2, 0.25) is 11.9 Å². The zero-order valence-electron chi connectivity index (χ0n) is 14.2. The van der Waals surface area contributed by atoms with Crippen LogP contribution in [0, 0.1) is 0 Å². The number of hydrogen-bond acceptors (Lipinski definition) is 7. The molecule has 10 heteroatoms. The molecule has 0 amide bonds. The fraction of sp³-hybridized carbons (Fsp3) is 0.235. The third-order valence-corrected chi connectivity index (χ3v) is 3.36. The second kappa shape index (κ2) is 7.94. The minimum atomic E-state index is -4.39. The minimum absolute atomic E-state index is 0.0869. The molecule has 142 valence electrons. The van der Waals surface area contributed by atoms with Crippen molar-refractivity contribution < 1.29 is 22.3 Å². The molecular formula is C17H16F3N5O2. The summed E-state index contributed by atoms with van der Waals surface area (Å²) in [5, 5.41) is 5.82. The smallest absolute Gasteiger partial charge is 0.416 e. The highest BCUT2D eigenvalue weighted by Gasteiger charge is 2.29. The highest BCUT2D eigenvalue weighted by atomic mass is 19.4. The van der Waals surface area contributed by atoms with Gasteiger partial charge in [-0.05, 0) is 43.3 Å². The first-order valence-corrected chi connectivity index (χ1v) is 8.03. The summed E-state index contributed by atoms with van der Waals surface area (Å²) in [7, 11) is 0. The zero-order valence-corrected chi connectivity index (χ0v) is 14.2. The maximum absolute atomic E-state index is 12.7. The topological polar surface area (TPSA) is 85.1 Å². The van der Waals surface area contributed by atoms with Crippen LogP contribution in [0.4, 0.5) is 30.8 Å². The van der Waals surface area contributed by atoms with Gasteiger partial charge in [-0.3, -0.25) is 0 Å². The number of furan rings is 1. The van der Waals surface area contributed by atoms with Gasteiger partial charge in [-0.15, -0.1) is 0 Å². The molecule has 0 aliphatic rings. The fourth-order valence-electron chi connectivity index (χ4n) is 2.14. The number of anilines is 3. The molecule has 7 nitrogen and oxygen atoms in total. The number of ether oxygens (including phenoxy) is 1. The molecule has 2 N–H and O–H groups in total. The Balaban J connectivity index is 1.76. The summed E-state index contributed by atoms with van der Waals surface area (Å²) in [6.45, 7) is 2.48. The predicted octanol–water partition coefficient (Wildman–Crippen LogP) is 4.24. The van der Waals surface area contributed by atoms with E-state index in [-0.39, 0.29) is 17.9 Å². The molecule has 0 saturated carbocycles. The van der Waals surface area contributed by atoms with Gasteiger partial charge in [0, 0.05) is 5.69 Å². The van der Waals surface area contributed by atoms with Gasteiger partial charge in [0.05, 0.1) is 25.0 Å². The number of hydrogen-bond donors (Lipinski definition) is 2. The van der Waals surface area contributed by atoms with Crippen LogP contribution in [-0.4, -0.2) is 21.6 Å². The van der Waals surface area contributed by atoms with Gasteiger partial charge in [0.15, 0.2) is 0 Å². The number of alkyl halides is 3. The van der Waals surface area contributed by atoms with Gasteiger partial charge in [0.25, 0.3) is 0 Å². The van der Waals surface area contributed by atoms with E-state index in [1.54, 1.807) is 25.3 Å². The molecular weight excluding hydrogens is 363 g/mol. The van der Waals surface area contributed by atoms with Gasteiger partial charge < -0.3 is 19.8 Å². The summed E-state index contributed by atoms with van der Waals surface area (Å²) in [5.74, 6) is 1.06. The van der Waals surface area contributed by atoms with Crippen LogP contribution in [0.2, 0.25) is 0 Å². The molecule has 0 atom stereocenters. The molecule has 3 rings (SSSR count). The van der Waals surface area contributed by atoms with E-state index in [0.29, 0.717) is 24.6 Å². The van der Waals surface area contributed by atoms with Crippen molar-refractivity contribution in [2.24, 2.45) is 0 Å². The molecule has 0 fully saturated rings. The number of benzene rings is 1. The van der Waals surface area contributed by atoms with E-state index in [0.717, 1.165) is 12.1 Å². The average Bonchev–Trinajstić information content (AvgIpc) is 3.13. The summed E-state index contributed by atoms with van der Waals surface area (Å²) in [6.07, 6.45) is -2.84. The molecule has 0 bridgehead atoms. The van der Waals surface area contributed by atoms with Crippen molar-refractivity contribution in [3.8, 4) is 6.01 Å². The Labute approximate surface area is 152 Å². The lowest BCUT2D eigenvalue weighted by Gasteiger charge is -2.11. The van der Waals surface area contributed by atoms with E-state index >= 15 is 0 Å². The van der Waals surface area contributed by atoms with Gasteiger partial charge in [-0.25, -0.2) is 0 Å². The predicted molar refractivity (Wildman–Crippen MR) is 91.8 cm³/mol. The summed E-state index contributed by atoms with van der Waals surface area (Å²) < 4.78 is 48.5. The van der Waals surface area contributed by atoms with E-state index in [1.807, 2.05) is 0 Å². The second-order valence-electron chi connectivity index (χ2n) is 5.33. The van der Waals surface area contributed by atoms with Crippen LogP contribution in [0.5, 0.6) is 6.01 Å². The number of rotatable bonds is 7. The molecule has 3 aromatic rings. The Morgan fingerprint density at radius 1 is 1.04 bits per heavy atom. The van der Waals surface area contributed by atoms with E-state index < -0.39 is 11.7 Å². The summed E-state index contributed by atoms with van der Waals surface area (Å²) >= 11 is 0. The zero-order chi connectivity index (χ0) is 19.3. The SMILES string of the molecule is CCOc1nc(NCc2ccco2)nc(Nc2ccc(C(F)(F)F)cc2)n1. The normalized spacial score (nSPS) is 11.3. The maximum Gasteiger partial charge on any atom is 0.416 e. The van der Waals surface area contributed by atoms with Crippen molar-refractivity contribution in [3.05, 3.63) is 54.0 Å². The summed E-state index contributed by atoms with van der Waals surface area (Å²) in [5.41, 5.74) is -0.340. The number of aromatic nitrogens is 3. The summed E-state index contributed by atoms with van der Waals surface area (Å²) in [6, 6.07) is 8.17. The van der Waals surface area contributed by atoms with Crippen molar-refractivity contribution in [2.75, 3.05) is 17.2 Å². The van der Waals surface area contributed by atoms with Crippen molar-refractivity contribution in [1.29, 1.82) is 0 Å². The molecule has 0 radical (unpaired) electrons. The largest absolute Gasteiger partial charge is 0.467 e. The molecule has 0 unspecified atom stereocenters. The van der Waals surface area contributed by atoms with E-state index in [4.69, 9.17) is 9.15 Å². The van der Waals surface area contributed by atoms with Crippen LogP contribution < -0.4 is 15.4 Å². The Hall–Kier alpha value is -3.30. The quantitative estimate of drug-likeness (QED) is 0.635. The van der Waals surface area contributed by atoms with E-state index in [9.17, 15) is 13.2 Å². The third kappa shape index (κ3) is 5.09. The average molecular weight is 379 g/mol. The second-order valence-corrected chi connectivity index (χ2v) is 5.33. The Bertz CT molecular complexity index is 867. The Morgan fingerprint density at radius 3 is 2.41 bits per heavy atom. The first-order chi connectivity index (χ1) is 12.9. The fourth-order valence-corrected chi connectivity index (χ4v) is 2.14. The Morgan fingerprint density at radius 2 is 1.78 bits per heavy atom. The summed E-state index contributed by atoms with van der Waals surface area (Å²) in [4.78, 5) is 12.4. The molecule has 27 heavy (non-hydrogen) atoms. The lowest BCUT2D eigenvalue weighted by Crippen LogP contribution is -2.09. The van der Waals surface area contributed by atoms with Crippen molar-refractivity contribution in [3.63, 3.8) is 0 Å². The van der Waals surface area contributed by atoms with Gasteiger partial charge >= 0.3 is 12.2 Å². The third-order valence-electron chi connectivity index (χ3n) is 3.36. The van der Waals surface area contributed by atoms with Crippen LogP contribution >= 0.6 is 0 Å². The molecule has 2 heterocycles. The van der Waals surface area contributed by atoms with Crippen molar-refractivity contribution in [1.82, 2.24) is 15.0 Å². The van der Waals surface area contributed by atoms with Crippen LogP contribution in [0.1, 0.15) is 18.2 Å². The molecule has 0 aliphatic carbocycles. The van der Waals surface area contributed by atoms with Crippen molar-refractivity contribution in [2.45, 2.75) is 19.6 Å². The highest BCUT2D eigenvalue weighted by molar-refractivity contribution is 5.55. The maximum atomic E-state index is 12.7. The first kappa shape index (κ1) is 18.5. The Kier molecular flexibility index (Phi) is 5.43. The van der Waals surface area contributed by atoms with Crippen LogP contribution in [0.25, 0.3) is 0 Å². The van der Waals surface area contributed by atoms with E-state index in [1.165, 1.54) is 12.1 Å². The minimum Gasteiger partial charge on any atom is -0.467 e. The van der Waals surface area contributed by atoms with Crippen LogP contribution in [0.3, 0.4) is 0 Å². The van der Waals surface area contributed by atoms with Crippen molar-refractivity contribution >= 4 is 17.6 Å². The van der Waals surface area contributed by atoms with Crippen LogP contribution in [-0.2, 0) is 12.7 Å². The lowest BCUT2D eigenvalue weighted by molar-refractivity contribution is -0.137.